The molecule has 1 aliphatic carbocycles. The van der Waals surface area contributed by atoms with Crippen LogP contribution in [0.4, 0.5) is 19.3 Å². The molecule has 15 heteroatoms. The zero-order valence-corrected chi connectivity index (χ0v) is 20.5. The summed E-state index contributed by atoms with van der Waals surface area (Å²) < 4.78 is 49.4. The number of alkyl carbamates (subject to hydrolysis) is 1. The highest BCUT2D eigenvalue weighted by molar-refractivity contribution is 7.46. The van der Waals surface area contributed by atoms with Crippen molar-refractivity contribution in [2.75, 3.05) is 5.32 Å². The molecule has 3 aromatic rings. The molecule has 0 saturated heterocycles. The highest BCUT2D eigenvalue weighted by Gasteiger charge is 2.31. The first-order valence-electron chi connectivity index (χ1n) is 10.7. The van der Waals surface area contributed by atoms with E-state index in [-0.39, 0.29) is 34.1 Å². The molecule has 0 unspecified atom stereocenters. The van der Waals surface area contributed by atoms with Crippen LogP contribution in [0, 0.1) is 11.6 Å². The van der Waals surface area contributed by atoms with E-state index in [1.807, 2.05) is 0 Å². The summed E-state index contributed by atoms with van der Waals surface area (Å²) in [7, 11) is -4.66. The predicted molar refractivity (Wildman–Crippen MR) is 126 cm³/mol. The van der Waals surface area contributed by atoms with Crippen LogP contribution in [0.1, 0.15) is 39.6 Å². The van der Waals surface area contributed by atoms with Gasteiger partial charge in [0.05, 0.1) is 11.1 Å². The fourth-order valence-corrected chi connectivity index (χ4v) is 4.30. The Morgan fingerprint density at radius 3 is 2.68 bits per heavy atom. The highest BCUT2D eigenvalue weighted by Crippen LogP contribution is 2.37. The Kier molecular flexibility index (Phi) is 7.90. The smallest absolute Gasteiger partial charge is 0.443 e. The van der Waals surface area contributed by atoms with E-state index < -0.39 is 44.2 Å². The monoisotopic (exact) mass is 556 g/mol. The van der Waals surface area contributed by atoms with E-state index in [1.54, 1.807) is 0 Å². The number of carbonyl (C=O) groups is 2. The predicted octanol–water partition coefficient (Wildman–Crippen LogP) is 4.05. The molecule has 0 radical (unpaired) electrons. The number of halogens is 3. The molecule has 0 saturated carbocycles. The number of aromatic nitrogens is 2. The lowest BCUT2D eigenvalue weighted by Gasteiger charge is -2.16. The Morgan fingerprint density at radius 2 is 1.95 bits per heavy atom. The van der Waals surface area contributed by atoms with Gasteiger partial charge in [-0.3, -0.25) is 9.32 Å². The van der Waals surface area contributed by atoms with Gasteiger partial charge in [0.15, 0.2) is 6.73 Å². The lowest BCUT2D eigenvalue weighted by Crippen LogP contribution is -2.28. The minimum atomic E-state index is -4.66. The van der Waals surface area contributed by atoms with Gasteiger partial charge in [0.2, 0.25) is 0 Å². The maximum Gasteiger partial charge on any atom is 0.471 e. The summed E-state index contributed by atoms with van der Waals surface area (Å²) in [5, 5.41) is 8.97. The maximum absolute atomic E-state index is 14.7. The Morgan fingerprint density at radius 1 is 1.19 bits per heavy atom. The van der Waals surface area contributed by atoms with Gasteiger partial charge in [0.25, 0.3) is 5.91 Å². The van der Waals surface area contributed by atoms with E-state index >= 15 is 0 Å². The van der Waals surface area contributed by atoms with Crippen molar-refractivity contribution in [2.24, 2.45) is 0 Å². The summed E-state index contributed by atoms with van der Waals surface area (Å²) in [5.74, 6) is -1.77. The van der Waals surface area contributed by atoms with Crippen LogP contribution in [0.25, 0.3) is 0 Å². The second-order valence-corrected chi connectivity index (χ2v) is 9.62. The Balaban J connectivity index is 1.38. The first-order valence-corrected chi connectivity index (χ1v) is 12.6. The lowest BCUT2D eigenvalue weighted by molar-refractivity contribution is 0.102. The molecule has 2 amide bonds. The van der Waals surface area contributed by atoms with Crippen LogP contribution in [-0.2, 0) is 33.6 Å². The summed E-state index contributed by atoms with van der Waals surface area (Å²) in [4.78, 5) is 42.6. The number of anilines is 1. The second-order valence-electron chi connectivity index (χ2n) is 7.98. The summed E-state index contributed by atoms with van der Waals surface area (Å²) in [6, 6.07) is 6.89. The molecule has 37 heavy (non-hydrogen) atoms. The summed E-state index contributed by atoms with van der Waals surface area (Å²) in [6.07, 6.45) is 1.16. The summed E-state index contributed by atoms with van der Waals surface area (Å²) >= 11 is 5.75. The van der Waals surface area contributed by atoms with E-state index in [4.69, 9.17) is 26.1 Å². The molecule has 0 aliphatic heterocycles. The van der Waals surface area contributed by atoms with Crippen LogP contribution < -0.4 is 10.6 Å². The zero-order valence-electron chi connectivity index (χ0n) is 18.9. The second kappa shape index (κ2) is 11.0. The molecular weight excluding hydrogens is 537 g/mol. The largest absolute Gasteiger partial charge is 0.471 e. The Hall–Kier alpha value is -3.35. The zero-order chi connectivity index (χ0) is 26.7. The van der Waals surface area contributed by atoms with Crippen molar-refractivity contribution in [3.8, 4) is 0 Å². The number of phosphoric ester groups is 1. The van der Waals surface area contributed by atoms with Crippen LogP contribution in [0.5, 0.6) is 0 Å². The van der Waals surface area contributed by atoms with E-state index in [0.717, 1.165) is 16.8 Å². The molecule has 1 aliphatic rings. The van der Waals surface area contributed by atoms with Crippen LogP contribution in [-0.4, -0.2) is 31.6 Å². The number of carbonyl (C=O) groups excluding carboxylic acids is 2. The molecule has 1 heterocycles. The molecule has 0 bridgehead atoms. The summed E-state index contributed by atoms with van der Waals surface area (Å²) in [6.45, 7) is -0.766. The maximum atomic E-state index is 14.7. The number of nitrogens with zero attached hydrogens (tertiary/aromatic N) is 2. The first kappa shape index (κ1) is 26.7. The molecular formula is C22H20ClF2N4O7P. The Bertz CT molecular complexity index is 1400. The van der Waals surface area contributed by atoms with Crippen molar-refractivity contribution >= 4 is 37.1 Å². The number of nitrogens with one attached hydrogen (secondary N) is 2. The molecule has 196 valence electrons. The molecule has 11 nitrogen and oxygen atoms in total. The molecule has 2 aromatic carbocycles. The molecule has 0 spiro atoms. The minimum Gasteiger partial charge on any atom is -0.443 e. The van der Waals surface area contributed by atoms with Crippen molar-refractivity contribution in [3.63, 3.8) is 0 Å². The van der Waals surface area contributed by atoms with Crippen LogP contribution in [0.2, 0.25) is 5.02 Å². The SMILES string of the molecule is O=C(N[C@H]1CCc2c(C(=O)Nc3ccc(F)c(Cl)c3)ccc(F)c21)OCc1ccn(COP(=O)(O)O)n1. The van der Waals surface area contributed by atoms with Crippen molar-refractivity contribution in [1.82, 2.24) is 15.1 Å². The number of amides is 2. The number of benzene rings is 2. The number of ether oxygens (including phenoxy) is 1. The van der Waals surface area contributed by atoms with Crippen LogP contribution in [0.3, 0.4) is 0 Å². The minimum absolute atomic E-state index is 0.161. The quantitative estimate of drug-likeness (QED) is 0.303. The highest BCUT2D eigenvalue weighted by atomic mass is 35.5. The van der Waals surface area contributed by atoms with Gasteiger partial charge in [-0.2, -0.15) is 5.10 Å². The van der Waals surface area contributed by atoms with Gasteiger partial charge in [-0.05, 0) is 54.8 Å². The van der Waals surface area contributed by atoms with Gasteiger partial charge in [0, 0.05) is 23.0 Å². The van der Waals surface area contributed by atoms with Gasteiger partial charge < -0.3 is 25.2 Å². The lowest BCUT2D eigenvalue weighted by atomic mass is 10.0. The normalized spacial score (nSPS) is 14.8. The number of hydrogen-bond donors (Lipinski definition) is 4. The summed E-state index contributed by atoms with van der Waals surface area (Å²) in [5.41, 5.74) is 1.35. The van der Waals surface area contributed by atoms with Gasteiger partial charge in [-0.15, -0.1) is 0 Å². The van der Waals surface area contributed by atoms with Gasteiger partial charge in [-0.1, -0.05) is 11.6 Å². The topological polar surface area (TPSA) is 152 Å². The molecule has 1 atom stereocenters. The molecule has 4 N–H and O–H groups in total. The molecule has 4 rings (SSSR count). The standard InChI is InChI=1S/C22H20ClF2N4O7P/c23-16-9-12(1-4-17(16)24)26-21(30)15-2-5-18(25)20-14(15)3-6-19(20)27-22(31)35-10-13-7-8-29(28-13)11-36-37(32,33)34/h1-2,4-5,7-9,19H,3,6,10-11H2,(H,26,30)(H,27,31)(H2,32,33,34)/t19-/m0/s1. The fraction of sp³-hybridized carbons (Fsp3) is 0.227. The number of rotatable bonds is 8. The third-order valence-electron chi connectivity index (χ3n) is 5.45. The van der Waals surface area contributed by atoms with Crippen molar-refractivity contribution < 1.29 is 42.0 Å². The molecule has 1 aromatic heterocycles. The average Bonchev–Trinajstić information content (AvgIpc) is 3.46. The fourth-order valence-electron chi connectivity index (χ4n) is 3.85. The van der Waals surface area contributed by atoms with Crippen molar-refractivity contribution in [2.45, 2.75) is 32.2 Å². The molecule has 0 fully saturated rings. The van der Waals surface area contributed by atoms with Gasteiger partial charge in [-0.25, -0.2) is 22.8 Å². The first-order chi connectivity index (χ1) is 17.5. The number of phosphoric acid groups is 1. The van der Waals surface area contributed by atoms with E-state index in [1.165, 1.54) is 30.5 Å². The van der Waals surface area contributed by atoms with E-state index in [0.29, 0.717) is 18.4 Å². The van der Waals surface area contributed by atoms with Crippen molar-refractivity contribution in [3.05, 3.63) is 81.6 Å². The van der Waals surface area contributed by atoms with Crippen LogP contribution in [0.15, 0.2) is 42.6 Å². The van der Waals surface area contributed by atoms with Gasteiger partial charge >= 0.3 is 13.9 Å². The third-order valence-corrected chi connectivity index (χ3v) is 6.20. The number of fused-ring (bicyclic) bond motifs is 1. The number of hydrogen-bond acceptors (Lipinski definition) is 6. The van der Waals surface area contributed by atoms with Gasteiger partial charge in [0.1, 0.15) is 23.9 Å². The van der Waals surface area contributed by atoms with Crippen molar-refractivity contribution in [1.29, 1.82) is 0 Å². The average molecular weight is 557 g/mol. The third kappa shape index (κ3) is 6.70. The Labute approximate surface area is 213 Å². The van der Waals surface area contributed by atoms with E-state index in [2.05, 4.69) is 20.3 Å². The van der Waals surface area contributed by atoms with Crippen LogP contribution >= 0.6 is 19.4 Å². The van der Waals surface area contributed by atoms with E-state index in [9.17, 15) is 22.9 Å².